The fourth-order valence-electron chi connectivity index (χ4n) is 2.70. The number of hydrogen-bond acceptors (Lipinski definition) is 3. The first-order valence-corrected chi connectivity index (χ1v) is 6.69. The average Bonchev–Trinajstić information content (AvgIpc) is 2.42. The van der Waals surface area contributed by atoms with E-state index in [0.717, 1.165) is 31.2 Å². The topological polar surface area (TPSA) is 30.5 Å². The van der Waals surface area contributed by atoms with E-state index in [2.05, 4.69) is 17.4 Å². The SMILES string of the molecule is COCc1c(CC2CCNCC2)cccc1OC. The zero-order valence-corrected chi connectivity index (χ0v) is 11.4. The lowest BCUT2D eigenvalue weighted by atomic mass is 9.89. The first-order chi connectivity index (χ1) is 8.85. The summed E-state index contributed by atoms with van der Waals surface area (Å²) < 4.78 is 10.7. The van der Waals surface area contributed by atoms with Gasteiger partial charge in [-0.3, -0.25) is 0 Å². The zero-order chi connectivity index (χ0) is 12.8. The van der Waals surface area contributed by atoms with Crippen molar-refractivity contribution in [3.8, 4) is 5.75 Å². The summed E-state index contributed by atoms with van der Waals surface area (Å²) in [4.78, 5) is 0. The number of methoxy groups -OCH3 is 2. The molecule has 1 N–H and O–H groups in total. The lowest BCUT2D eigenvalue weighted by molar-refractivity contribution is 0.180. The van der Waals surface area contributed by atoms with Crippen LogP contribution >= 0.6 is 0 Å². The maximum atomic E-state index is 5.44. The summed E-state index contributed by atoms with van der Waals surface area (Å²) in [5.41, 5.74) is 2.59. The molecule has 0 atom stereocenters. The maximum Gasteiger partial charge on any atom is 0.124 e. The molecule has 1 fully saturated rings. The van der Waals surface area contributed by atoms with Gasteiger partial charge in [0.05, 0.1) is 13.7 Å². The van der Waals surface area contributed by atoms with Crippen molar-refractivity contribution in [2.45, 2.75) is 25.9 Å². The van der Waals surface area contributed by atoms with Crippen molar-refractivity contribution < 1.29 is 9.47 Å². The molecular formula is C15H23NO2. The fourth-order valence-corrected chi connectivity index (χ4v) is 2.70. The van der Waals surface area contributed by atoms with Crippen LogP contribution < -0.4 is 10.1 Å². The summed E-state index contributed by atoms with van der Waals surface area (Å²) in [6.07, 6.45) is 3.67. The van der Waals surface area contributed by atoms with Gasteiger partial charge in [0, 0.05) is 12.7 Å². The van der Waals surface area contributed by atoms with Gasteiger partial charge in [-0.25, -0.2) is 0 Å². The molecule has 1 aromatic rings. The van der Waals surface area contributed by atoms with Gasteiger partial charge in [-0.05, 0) is 49.9 Å². The van der Waals surface area contributed by atoms with E-state index < -0.39 is 0 Å². The Kier molecular flexibility index (Phi) is 5.02. The van der Waals surface area contributed by atoms with Crippen LogP contribution in [0.3, 0.4) is 0 Å². The average molecular weight is 249 g/mol. The van der Waals surface area contributed by atoms with Crippen molar-refractivity contribution in [3.05, 3.63) is 29.3 Å². The van der Waals surface area contributed by atoms with Gasteiger partial charge in [0.25, 0.3) is 0 Å². The van der Waals surface area contributed by atoms with Crippen molar-refractivity contribution in [1.29, 1.82) is 0 Å². The number of benzene rings is 1. The number of nitrogens with one attached hydrogen (secondary N) is 1. The molecular weight excluding hydrogens is 226 g/mol. The third-order valence-electron chi connectivity index (χ3n) is 3.71. The van der Waals surface area contributed by atoms with E-state index in [9.17, 15) is 0 Å². The van der Waals surface area contributed by atoms with Crippen LogP contribution in [0, 0.1) is 5.92 Å². The summed E-state index contributed by atoms with van der Waals surface area (Å²) in [7, 11) is 3.46. The Morgan fingerprint density at radius 1 is 1.22 bits per heavy atom. The minimum absolute atomic E-state index is 0.629. The summed E-state index contributed by atoms with van der Waals surface area (Å²) in [6.45, 7) is 2.92. The molecule has 1 aliphatic rings. The van der Waals surface area contributed by atoms with Crippen molar-refractivity contribution in [1.82, 2.24) is 5.32 Å². The minimum atomic E-state index is 0.629. The summed E-state index contributed by atoms with van der Waals surface area (Å²) in [6, 6.07) is 6.30. The molecule has 3 heteroatoms. The second-order valence-corrected chi connectivity index (χ2v) is 4.93. The van der Waals surface area contributed by atoms with Crippen LogP contribution in [0.5, 0.6) is 5.75 Å². The number of ether oxygens (including phenoxy) is 2. The highest BCUT2D eigenvalue weighted by Crippen LogP contribution is 2.27. The van der Waals surface area contributed by atoms with Crippen LogP contribution in [0.1, 0.15) is 24.0 Å². The summed E-state index contributed by atoms with van der Waals surface area (Å²) in [5, 5.41) is 3.41. The molecule has 0 amide bonds. The van der Waals surface area contributed by atoms with E-state index in [1.54, 1.807) is 14.2 Å². The third kappa shape index (κ3) is 3.24. The second-order valence-electron chi connectivity index (χ2n) is 4.93. The van der Waals surface area contributed by atoms with Gasteiger partial charge in [-0.2, -0.15) is 0 Å². The van der Waals surface area contributed by atoms with Gasteiger partial charge in [0.2, 0.25) is 0 Å². The second kappa shape index (κ2) is 6.76. The molecule has 3 nitrogen and oxygen atoms in total. The highest BCUT2D eigenvalue weighted by atomic mass is 16.5. The Bertz CT molecular complexity index is 373. The molecule has 0 aliphatic carbocycles. The first-order valence-electron chi connectivity index (χ1n) is 6.69. The van der Waals surface area contributed by atoms with E-state index in [-0.39, 0.29) is 0 Å². The van der Waals surface area contributed by atoms with Gasteiger partial charge in [-0.15, -0.1) is 0 Å². The Labute approximate surface area is 109 Å². The molecule has 0 saturated carbocycles. The quantitative estimate of drug-likeness (QED) is 0.869. The van der Waals surface area contributed by atoms with Crippen LogP contribution in [0.4, 0.5) is 0 Å². The third-order valence-corrected chi connectivity index (χ3v) is 3.71. The molecule has 0 radical (unpaired) electrons. The van der Waals surface area contributed by atoms with Crippen molar-refractivity contribution in [2.24, 2.45) is 5.92 Å². The number of rotatable bonds is 5. The largest absolute Gasteiger partial charge is 0.496 e. The highest BCUT2D eigenvalue weighted by molar-refractivity contribution is 5.40. The molecule has 1 aliphatic heterocycles. The molecule has 100 valence electrons. The van der Waals surface area contributed by atoms with Crippen LogP contribution in [0.2, 0.25) is 0 Å². The lowest BCUT2D eigenvalue weighted by Crippen LogP contribution is -2.28. The zero-order valence-electron chi connectivity index (χ0n) is 11.4. The minimum Gasteiger partial charge on any atom is -0.496 e. The molecule has 0 aromatic heterocycles. The van der Waals surface area contributed by atoms with E-state index in [4.69, 9.17) is 9.47 Å². The van der Waals surface area contributed by atoms with Gasteiger partial charge < -0.3 is 14.8 Å². The Balaban J connectivity index is 2.14. The molecule has 2 rings (SSSR count). The smallest absolute Gasteiger partial charge is 0.124 e. The summed E-state index contributed by atoms with van der Waals surface area (Å²) in [5.74, 6) is 1.73. The molecule has 0 spiro atoms. The number of piperidine rings is 1. The normalized spacial score (nSPS) is 16.8. The van der Waals surface area contributed by atoms with Gasteiger partial charge in [0.1, 0.15) is 5.75 Å². The predicted octanol–water partition coefficient (Wildman–Crippen LogP) is 2.38. The van der Waals surface area contributed by atoms with Crippen molar-refractivity contribution in [3.63, 3.8) is 0 Å². The summed E-state index contributed by atoms with van der Waals surface area (Å²) >= 11 is 0. The van der Waals surface area contributed by atoms with E-state index in [1.165, 1.54) is 24.0 Å². The van der Waals surface area contributed by atoms with E-state index >= 15 is 0 Å². The van der Waals surface area contributed by atoms with Gasteiger partial charge >= 0.3 is 0 Å². The maximum absolute atomic E-state index is 5.44. The van der Waals surface area contributed by atoms with Crippen LogP contribution in [-0.4, -0.2) is 27.3 Å². The molecule has 0 bridgehead atoms. The fraction of sp³-hybridized carbons (Fsp3) is 0.600. The van der Waals surface area contributed by atoms with Gasteiger partial charge in [-0.1, -0.05) is 12.1 Å². The molecule has 0 unspecified atom stereocenters. The van der Waals surface area contributed by atoms with Crippen molar-refractivity contribution >= 4 is 0 Å². The lowest BCUT2D eigenvalue weighted by Gasteiger charge is -2.24. The Morgan fingerprint density at radius 3 is 2.67 bits per heavy atom. The number of hydrogen-bond donors (Lipinski definition) is 1. The molecule has 1 heterocycles. The first kappa shape index (κ1) is 13.4. The van der Waals surface area contributed by atoms with Gasteiger partial charge in [0.15, 0.2) is 0 Å². The van der Waals surface area contributed by atoms with E-state index in [1.807, 2.05) is 6.07 Å². The van der Waals surface area contributed by atoms with Crippen LogP contribution in [0.25, 0.3) is 0 Å². The van der Waals surface area contributed by atoms with E-state index in [0.29, 0.717) is 6.61 Å². The Morgan fingerprint density at radius 2 is 2.00 bits per heavy atom. The van der Waals surface area contributed by atoms with Crippen LogP contribution in [0.15, 0.2) is 18.2 Å². The highest BCUT2D eigenvalue weighted by Gasteiger charge is 2.16. The molecule has 1 aromatic carbocycles. The predicted molar refractivity (Wildman–Crippen MR) is 73.0 cm³/mol. The standard InChI is InChI=1S/C15H23NO2/c1-17-11-14-13(4-3-5-15(14)18-2)10-12-6-8-16-9-7-12/h3-5,12,16H,6-11H2,1-2H3. The Hall–Kier alpha value is -1.06. The van der Waals surface area contributed by atoms with Crippen LogP contribution in [-0.2, 0) is 17.8 Å². The monoisotopic (exact) mass is 249 g/mol. The van der Waals surface area contributed by atoms with Crippen molar-refractivity contribution in [2.75, 3.05) is 27.3 Å². The molecule has 18 heavy (non-hydrogen) atoms. The molecule has 1 saturated heterocycles.